The number of benzene rings is 2. The van der Waals surface area contributed by atoms with Gasteiger partial charge in [-0.3, -0.25) is 4.79 Å². The van der Waals surface area contributed by atoms with Gasteiger partial charge in [-0.05, 0) is 61.6 Å². The average Bonchev–Trinajstić information content (AvgIpc) is 3.25. The molecule has 0 radical (unpaired) electrons. The highest BCUT2D eigenvalue weighted by molar-refractivity contribution is 7.98. The second-order valence-electron chi connectivity index (χ2n) is 7.54. The van der Waals surface area contributed by atoms with Crippen LogP contribution in [0, 0.1) is 5.92 Å². The number of aromatic nitrogens is 1. The number of nitrogens with one attached hydrogen (secondary N) is 1. The van der Waals surface area contributed by atoms with Crippen LogP contribution in [0.2, 0.25) is 0 Å². The van der Waals surface area contributed by atoms with Gasteiger partial charge in [0, 0.05) is 23.9 Å². The van der Waals surface area contributed by atoms with Crippen LogP contribution in [0.3, 0.4) is 0 Å². The summed E-state index contributed by atoms with van der Waals surface area (Å²) >= 11 is 2.83. The number of nitrogens with zero attached hydrogens (tertiary/aromatic N) is 2. The molecule has 174 valence electrons. The number of thioether (sulfide) groups is 1. The predicted molar refractivity (Wildman–Crippen MR) is 129 cm³/mol. The molecule has 1 aliphatic heterocycles. The second-order valence-corrected chi connectivity index (χ2v) is 11.4. The first-order valence-electron chi connectivity index (χ1n) is 10.3. The van der Waals surface area contributed by atoms with E-state index in [1.165, 1.54) is 22.8 Å². The van der Waals surface area contributed by atoms with Gasteiger partial charge in [-0.15, -0.1) is 11.8 Å². The average molecular weight is 506 g/mol. The minimum atomic E-state index is -3.58. The molecule has 0 unspecified atom stereocenters. The lowest BCUT2D eigenvalue weighted by atomic mass is 9.97. The Balaban J connectivity index is 1.38. The van der Waals surface area contributed by atoms with Crippen molar-refractivity contribution in [2.45, 2.75) is 22.6 Å². The first-order chi connectivity index (χ1) is 15.8. The molecule has 8 nitrogen and oxygen atoms in total. The van der Waals surface area contributed by atoms with E-state index in [9.17, 15) is 18.0 Å². The third-order valence-corrected chi connectivity index (χ3v) is 9.15. The van der Waals surface area contributed by atoms with Crippen molar-refractivity contribution in [1.29, 1.82) is 0 Å². The molecule has 1 N–H and O–H groups in total. The zero-order valence-corrected chi connectivity index (χ0v) is 20.6. The number of esters is 1. The number of hydrogen-bond donors (Lipinski definition) is 1. The normalized spacial score (nSPS) is 15.5. The molecule has 1 amide bonds. The number of carbonyl (C=O) groups excluding carboxylic acids is 2. The van der Waals surface area contributed by atoms with Crippen molar-refractivity contribution < 1.29 is 22.7 Å². The van der Waals surface area contributed by atoms with E-state index in [0.717, 1.165) is 9.60 Å². The molecule has 0 spiro atoms. The van der Waals surface area contributed by atoms with Crippen molar-refractivity contribution in [3.8, 4) is 0 Å². The molecule has 1 fully saturated rings. The van der Waals surface area contributed by atoms with E-state index in [1.807, 2.05) is 6.26 Å². The van der Waals surface area contributed by atoms with Crippen LogP contribution >= 0.6 is 23.1 Å². The van der Waals surface area contributed by atoms with Crippen LogP contribution in [0.4, 0.5) is 5.13 Å². The molecule has 4 rings (SSSR count). The number of thiazole rings is 1. The maximum Gasteiger partial charge on any atom is 0.337 e. The van der Waals surface area contributed by atoms with Gasteiger partial charge in [0.05, 0.1) is 27.8 Å². The maximum atomic E-state index is 12.9. The van der Waals surface area contributed by atoms with Crippen LogP contribution < -0.4 is 5.32 Å². The van der Waals surface area contributed by atoms with E-state index >= 15 is 0 Å². The van der Waals surface area contributed by atoms with Gasteiger partial charge in [0.1, 0.15) is 0 Å². The molecule has 1 aromatic heterocycles. The Morgan fingerprint density at radius 1 is 1.15 bits per heavy atom. The van der Waals surface area contributed by atoms with Crippen molar-refractivity contribution >= 4 is 60.3 Å². The second kappa shape index (κ2) is 9.80. The van der Waals surface area contributed by atoms with Gasteiger partial charge in [-0.1, -0.05) is 11.3 Å². The van der Waals surface area contributed by atoms with Crippen LogP contribution in [0.1, 0.15) is 23.2 Å². The van der Waals surface area contributed by atoms with E-state index in [1.54, 1.807) is 54.2 Å². The van der Waals surface area contributed by atoms with Crippen molar-refractivity contribution in [2.24, 2.45) is 5.92 Å². The lowest BCUT2D eigenvalue weighted by Crippen LogP contribution is -2.41. The minimum Gasteiger partial charge on any atom is -0.465 e. The Morgan fingerprint density at radius 2 is 1.85 bits per heavy atom. The highest BCUT2D eigenvalue weighted by Gasteiger charge is 2.32. The van der Waals surface area contributed by atoms with E-state index in [-0.39, 0.29) is 29.8 Å². The molecule has 1 aliphatic rings. The summed E-state index contributed by atoms with van der Waals surface area (Å²) in [5.74, 6) is -0.908. The van der Waals surface area contributed by atoms with Crippen LogP contribution in [0.15, 0.2) is 52.3 Å². The molecular formula is C22H23N3O5S3. The SMILES string of the molecule is COC(=O)c1ccc2nc(NC(=O)C3CCN(S(=O)(=O)c4ccc(SC)cc4)CC3)sc2c1. The third-order valence-electron chi connectivity index (χ3n) is 5.56. The Bertz CT molecular complexity index is 1280. The van der Waals surface area contributed by atoms with Crippen LogP contribution in [0.25, 0.3) is 10.2 Å². The molecule has 2 aromatic carbocycles. The molecule has 2 heterocycles. The highest BCUT2D eigenvalue weighted by Crippen LogP contribution is 2.29. The van der Waals surface area contributed by atoms with Gasteiger partial charge >= 0.3 is 5.97 Å². The third kappa shape index (κ3) is 5.06. The molecular weight excluding hydrogens is 482 g/mol. The maximum absolute atomic E-state index is 12.9. The topological polar surface area (TPSA) is 106 Å². The summed E-state index contributed by atoms with van der Waals surface area (Å²) in [6.07, 6.45) is 2.81. The zero-order chi connectivity index (χ0) is 23.6. The Kier molecular flexibility index (Phi) is 7.03. The van der Waals surface area contributed by atoms with Crippen LogP contribution in [-0.4, -0.2) is 56.0 Å². The van der Waals surface area contributed by atoms with Gasteiger partial charge in [-0.25, -0.2) is 18.2 Å². The standard InChI is InChI=1S/C22H23N3O5S3/c1-30-21(27)15-3-8-18-19(13-15)32-22(23-18)24-20(26)14-9-11-25(12-10-14)33(28,29)17-6-4-16(31-2)5-7-17/h3-8,13-14H,9-12H2,1-2H3,(H,23,24,26). The van der Waals surface area contributed by atoms with Gasteiger partial charge in [0.2, 0.25) is 15.9 Å². The van der Waals surface area contributed by atoms with E-state index < -0.39 is 16.0 Å². The molecule has 1 saturated heterocycles. The molecule has 0 saturated carbocycles. The Labute approximate surface area is 200 Å². The minimum absolute atomic E-state index is 0.177. The fourth-order valence-electron chi connectivity index (χ4n) is 3.69. The van der Waals surface area contributed by atoms with E-state index in [0.29, 0.717) is 29.1 Å². The summed E-state index contributed by atoms with van der Waals surface area (Å²) in [5, 5.41) is 3.29. The molecule has 11 heteroatoms. The molecule has 33 heavy (non-hydrogen) atoms. The smallest absolute Gasteiger partial charge is 0.337 e. The lowest BCUT2D eigenvalue weighted by molar-refractivity contribution is -0.120. The highest BCUT2D eigenvalue weighted by atomic mass is 32.2. The predicted octanol–water partition coefficient (Wildman–Crippen LogP) is 3.84. The van der Waals surface area contributed by atoms with Crippen molar-refractivity contribution in [1.82, 2.24) is 9.29 Å². The summed E-state index contributed by atoms with van der Waals surface area (Å²) in [5.41, 5.74) is 1.10. The monoisotopic (exact) mass is 505 g/mol. The molecule has 0 aliphatic carbocycles. The lowest BCUT2D eigenvalue weighted by Gasteiger charge is -2.30. The number of sulfonamides is 1. The summed E-state index contributed by atoms with van der Waals surface area (Å²) in [6.45, 7) is 0.570. The number of piperidine rings is 1. The number of rotatable bonds is 6. The fourth-order valence-corrected chi connectivity index (χ4v) is 6.47. The van der Waals surface area contributed by atoms with Gasteiger partial charge in [0.25, 0.3) is 0 Å². The van der Waals surface area contributed by atoms with Gasteiger partial charge in [-0.2, -0.15) is 4.31 Å². The number of amides is 1. The zero-order valence-electron chi connectivity index (χ0n) is 18.1. The van der Waals surface area contributed by atoms with Gasteiger partial charge in [0.15, 0.2) is 5.13 Å². The van der Waals surface area contributed by atoms with Gasteiger partial charge < -0.3 is 10.1 Å². The van der Waals surface area contributed by atoms with Crippen molar-refractivity contribution in [2.75, 3.05) is 31.8 Å². The number of methoxy groups -OCH3 is 1. The van der Waals surface area contributed by atoms with Crippen LogP contribution in [0.5, 0.6) is 0 Å². The van der Waals surface area contributed by atoms with Crippen molar-refractivity contribution in [3.63, 3.8) is 0 Å². The summed E-state index contributed by atoms with van der Waals surface area (Å²) < 4.78 is 32.8. The molecule has 0 bridgehead atoms. The number of anilines is 1. The molecule has 3 aromatic rings. The number of hydrogen-bond acceptors (Lipinski definition) is 8. The summed E-state index contributed by atoms with van der Waals surface area (Å²) in [4.78, 5) is 30.2. The Hall–Kier alpha value is -2.47. The van der Waals surface area contributed by atoms with E-state index in [4.69, 9.17) is 4.74 Å². The largest absolute Gasteiger partial charge is 0.465 e. The Morgan fingerprint density at radius 3 is 2.48 bits per heavy atom. The summed E-state index contributed by atoms with van der Waals surface area (Å²) in [7, 11) is -2.26. The number of carbonyl (C=O) groups is 2. The number of fused-ring (bicyclic) bond motifs is 1. The van der Waals surface area contributed by atoms with Crippen molar-refractivity contribution in [3.05, 3.63) is 48.0 Å². The van der Waals surface area contributed by atoms with Crippen LogP contribution in [-0.2, 0) is 19.6 Å². The quantitative estimate of drug-likeness (QED) is 0.401. The van der Waals surface area contributed by atoms with E-state index in [2.05, 4.69) is 10.3 Å². The first-order valence-corrected chi connectivity index (χ1v) is 13.7. The molecule has 0 atom stereocenters. The number of ether oxygens (including phenoxy) is 1. The summed E-state index contributed by atoms with van der Waals surface area (Å²) in [6, 6.07) is 11.9. The fraction of sp³-hybridized carbons (Fsp3) is 0.318. The first kappa shape index (κ1) is 23.7.